The molecule has 0 aliphatic rings. The van der Waals surface area contributed by atoms with Crippen LogP contribution in [-0.4, -0.2) is 11.8 Å². The third-order valence-electron chi connectivity index (χ3n) is 3.11. The van der Waals surface area contributed by atoms with Crippen LogP contribution in [0.25, 0.3) is 0 Å². The Morgan fingerprint density at radius 1 is 1.16 bits per heavy atom. The lowest BCUT2D eigenvalue weighted by molar-refractivity contribution is -0.130. The van der Waals surface area contributed by atoms with Gasteiger partial charge in [0.25, 0.3) is 0 Å². The smallest absolute Gasteiger partial charge is 0.233 e. The molecule has 0 aliphatic heterocycles. The van der Waals surface area contributed by atoms with Crippen molar-refractivity contribution in [3.05, 3.63) is 36.5 Å². The molecule has 2 atom stereocenters. The van der Waals surface area contributed by atoms with E-state index >= 15 is 0 Å². The fourth-order valence-corrected chi connectivity index (χ4v) is 1.59. The van der Waals surface area contributed by atoms with E-state index in [-0.39, 0.29) is 11.8 Å². The summed E-state index contributed by atoms with van der Waals surface area (Å²) >= 11 is 0. The van der Waals surface area contributed by atoms with Crippen LogP contribution in [0.2, 0.25) is 0 Å². The minimum Gasteiger partial charge on any atom is -0.296 e. The number of rotatable bonds is 7. The number of imide groups is 1. The van der Waals surface area contributed by atoms with Gasteiger partial charge in [-0.3, -0.25) is 14.9 Å². The van der Waals surface area contributed by atoms with Gasteiger partial charge >= 0.3 is 0 Å². The zero-order valence-electron chi connectivity index (χ0n) is 12.5. The van der Waals surface area contributed by atoms with Crippen LogP contribution in [-0.2, 0) is 9.59 Å². The Kier molecular flexibility index (Phi) is 7.73. The van der Waals surface area contributed by atoms with Crippen LogP contribution in [0.4, 0.5) is 0 Å². The molecule has 0 spiro atoms. The second-order valence-electron chi connectivity index (χ2n) is 4.94. The molecule has 0 aromatic rings. The number of hydrogen-bond acceptors (Lipinski definition) is 2. The Morgan fingerprint density at radius 2 is 1.68 bits per heavy atom. The quantitative estimate of drug-likeness (QED) is 0.716. The Balaban J connectivity index is 4.47. The van der Waals surface area contributed by atoms with Crippen LogP contribution < -0.4 is 5.32 Å². The second kappa shape index (κ2) is 8.46. The third-order valence-corrected chi connectivity index (χ3v) is 3.11. The standard InChI is InChI=1S/C16H25NO2/c1-7-8-11(2)12(3)9-10-13(4)14(5)16(19)17-15(6)18/h9-11,14H,3-4,7-8H2,1-2,5-6H3,(H,17,18,19)/b10-9-. The molecular weight excluding hydrogens is 238 g/mol. The zero-order valence-corrected chi connectivity index (χ0v) is 12.5. The maximum absolute atomic E-state index is 11.6. The van der Waals surface area contributed by atoms with E-state index in [1.54, 1.807) is 13.0 Å². The van der Waals surface area contributed by atoms with Gasteiger partial charge in [0.05, 0.1) is 5.92 Å². The average molecular weight is 263 g/mol. The Labute approximate surface area is 116 Å². The van der Waals surface area contributed by atoms with Crippen LogP contribution in [0.3, 0.4) is 0 Å². The van der Waals surface area contributed by atoms with E-state index < -0.39 is 5.92 Å². The molecule has 0 radical (unpaired) electrons. The van der Waals surface area contributed by atoms with Crippen molar-refractivity contribution >= 4 is 11.8 Å². The highest BCUT2D eigenvalue weighted by Crippen LogP contribution is 2.18. The summed E-state index contributed by atoms with van der Waals surface area (Å²) in [5, 5.41) is 2.26. The van der Waals surface area contributed by atoms with Crippen molar-refractivity contribution < 1.29 is 9.59 Å². The molecule has 3 nitrogen and oxygen atoms in total. The van der Waals surface area contributed by atoms with Gasteiger partial charge in [-0.25, -0.2) is 0 Å². The van der Waals surface area contributed by atoms with E-state index in [1.165, 1.54) is 6.92 Å². The first kappa shape index (κ1) is 17.4. The predicted molar refractivity (Wildman–Crippen MR) is 79.5 cm³/mol. The van der Waals surface area contributed by atoms with Crippen LogP contribution in [0.5, 0.6) is 0 Å². The largest absolute Gasteiger partial charge is 0.296 e. The van der Waals surface area contributed by atoms with Crippen molar-refractivity contribution in [2.45, 2.75) is 40.5 Å². The van der Waals surface area contributed by atoms with Gasteiger partial charge in [0.2, 0.25) is 11.8 Å². The van der Waals surface area contributed by atoms with E-state index in [2.05, 4.69) is 32.3 Å². The van der Waals surface area contributed by atoms with Gasteiger partial charge < -0.3 is 0 Å². The van der Waals surface area contributed by atoms with Crippen molar-refractivity contribution in [2.75, 3.05) is 0 Å². The molecule has 0 fully saturated rings. The number of nitrogens with one attached hydrogen (secondary N) is 1. The van der Waals surface area contributed by atoms with Gasteiger partial charge in [-0.1, -0.05) is 51.2 Å². The van der Waals surface area contributed by atoms with Crippen molar-refractivity contribution in [3.63, 3.8) is 0 Å². The summed E-state index contributed by atoms with van der Waals surface area (Å²) in [6.45, 7) is 15.2. The van der Waals surface area contributed by atoms with E-state index in [1.807, 2.05) is 6.08 Å². The van der Waals surface area contributed by atoms with E-state index in [0.717, 1.165) is 18.4 Å². The number of allylic oxidation sites excluding steroid dienone is 3. The molecule has 3 heteroatoms. The molecule has 0 rings (SSSR count). The first-order valence-corrected chi connectivity index (χ1v) is 6.66. The molecule has 1 N–H and O–H groups in total. The molecular formula is C16H25NO2. The fourth-order valence-electron chi connectivity index (χ4n) is 1.59. The summed E-state index contributed by atoms with van der Waals surface area (Å²) in [5.74, 6) is -0.672. The minimum absolute atomic E-state index is 0.325. The van der Waals surface area contributed by atoms with Crippen molar-refractivity contribution in [3.8, 4) is 0 Å². The second-order valence-corrected chi connectivity index (χ2v) is 4.94. The number of carbonyl (C=O) groups excluding carboxylic acids is 2. The topological polar surface area (TPSA) is 46.2 Å². The van der Waals surface area contributed by atoms with Crippen molar-refractivity contribution in [2.24, 2.45) is 11.8 Å². The molecule has 0 aromatic carbocycles. The van der Waals surface area contributed by atoms with Gasteiger partial charge in [0, 0.05) is 6.92 Å². The lowest BCUT2D eigenvalue weighted by Crippen LogP contribution is -2.33. The Bertz CT molecular complexity index is 394. The fraction of sp³-hybridized carbons (Fsp3) is 0.500. The van der Waals surface area contributed by atoms with Crippen molar-refractivity contribution in [1.29, 1.82) is 0 Å². The molecule has 106 valence electrons. The molecule has 0 heterocycles. The van der Waals surface area contributed by atoms with E-state index in [0.29, 0.717) is 11.5 Å². The van der Waals surface area contributed by atoms with Crippen LogP contribution in [0, 0.1) is 11.8 Å². The molecule has 0 aromatic heterocycles. The van der Waals surface area contributed by atoms with E-state index in [9.17, 15) is 9.59 Å². The lowest BCUT2D eigenvalue weighted by Gasteiger charge is -2.12. The average Bonchev–Trinajstić information content (AvgIpc) is 2.33. The Morgan fingerprint density at radius 3 is 2.16 bits per heavy atom. The summed E-state index contributed by atoms with van der Waals surface area (Å²) < 4.78 is 0. The van der Waals surface area contributed by atoms with Crippen LogP contribution in [0.1, 0.15) is 40.5 Å². The predicted octanol–water partition coefficient (Wildman–Crippen LogP) is 3.39. The maximum atomic E-state index is 11.6. The monoisotopic (exact) mass is 263 g/mol. The maximum Gasteiger partial charge on any atom is 0.233 e. The minimum atomic E-state index is -0.422. The summed E-state index contributed by atoms with van der Waals surface area (Å²) in [7, 11) is 0. The summed E-state index contributed by atoms with van der Waals surface area (Å²) in [6.07, 6.45) is 5.92. The van der Waals surface area contributed by atoms with E-state index in [4.69, 9.17) is 0 Å². The first-order valence-electron chi connectivity index (χ1n) is 6.66. The van der Waals surface area contributed by atoms with Gasteiger partial charge in [-0.15, -0.1) is 0 Å². The highest BCUT2D eigenvalue weighted by molar-refractivity contribution is 5.96. The molecule has 2 amide bonds. The summed E-state index contributed by atoms with van der Waals surface area (Å²) in [6, 6.07) is 0. The molecule has 0 bridgehead atoms. The van der Waals surface area contributed by atoms with Gasteiger partial charge in [-0.05, 0) is 24.8 Å². The van der Waals surface area contributed by atoms with Gasteiger partial charge in [-0.2, -0.15) is 0 Å². The first-order chi connectivity index (χ1) is 8.79. The highest BCUT2D eigenvalue weighted by atomic mass is 16.2. The highest BCUT2D eigenvalue weighted by Gasteiger charge is 2.15. The van der Waals surface area contributed by atoms with Gasteiger partial charge in [0.15, 0.2) is 0 Å². The van der Waals surface area contributed by atoms with Crippen molar-refractivity contribution in [1.82, 2.24) is 5.32 Å². The molecule has 19 heavy (non-hydrogen) atoms. The Hall–Kier alpha value is -1.64. The molecule has 2 unspecified atom stereocenters. The number of hydrogen-bond donors (Lipinski definition) is 1. The normalized spacial score (nSPS) is 13.9. The summed E-state index contributed by atoms with van der Waals surface area (Å²) in [4.78, 5) is 22.4. The SMILES string of the molecule is C=C(/C=C\C(=C)C(C)C(=O)NC(C)=O)C(C)CCC. The summed E-state index contributed by atoms with van der Waals surface area (Å²) in [5.41, 5.74) is 1.70. The zero-order chi connectivity index (χ0) is 15.0. The third kappa shape index (κ3) is 6.75. The van der Waals surface area contributed by atoms with Crippen LogP contribution >= 0.6 is 0 Å². The lowest BCUT2D eigenvalue weighted by atomic mass is 9.95. The van der Waals surface area contributed by atoms with Crippen LogP contribution in [0.15, 0.2) is 36.5 Å². The number of amides is 2. The molecule has 0 saturated carbocycles. The number of carbonyl (C=O) groups is 2. The molecule has 0 saturated heterocycles. The van der Waals surface area contributed by atoms with Gasteiger partial charge in [0.1, 0.15) is 0 Å². The molecule has 0 aliphatic carbocycles.